The van der Waals surface area contributed by atoms with Gasteiger partial charge >= 0.3 is 11.8 Å². The number of carbonyl (C=O) groups is 2. The Bertz CT molecular complexity index is 1680. The number of hydrogen-bond acceptors (Lipinski definition) is 10. The maximum absolute atomic E-state index is 11.9. The maximum atomic E-state index is 11.9. The van der Waals surface area contributed by atoms with Crippen molar-refractivity contribution in [2.24, 2.45) is 10.2 Å². The zero-order chi connectivity index (χ0) is 28.9. The second-order valence-corrected chi connectivity index (χ2v) is 10.6. The largest absolute Gasteiger partial charge is 0.455 e. The predicted octanol–water partition coefficient (Wildman–Crippen LogP) is 2.30. The van der Waals surface area contributed by atoms with Gasteiger partial charge < -0.3 is 8.83 Å². The first-order valence-corrected chi connectivity index (χ1v) is 13.8. The van der Waals surface area contributed by atoms with E-state index in [1.165, 1.54) is 60.7 Å². The summed E-state index contributed by atoms with van der Waals surface area (Å²) in [7, 11) is -8.64. The van der Waals surface area contributed by atoms with E-state index in [9.17, 15) is 26.4 Å². The normalized spacial score (nSPS) is 12.2. The number of rotatable bonds is 8. The highest BCUT2D eigenvalue weighted by Gasteiger charge is 2.13. The van der Waals surface area contributed by atoms with Crippen molar-refractivity contribution in [1.29, 1.82) is 0 Å². The number of nitrogens with zero attached hydrogens (tertiary/aromatic N) is 2. The maximum Gasteiger partial charge on any atom is 0.331 e. The van der Waals surface area contributed by atoms with Crippen LogP contribution in [-0.2, 0) is 29.8 Å². The average molecular weight is 587 g/mol. The molecule has 0 spiro atoms. The molecule has 0 saturated carbocycles. The Labute approximate surface area is 226 Å². The summed E-state index contributed by atoms with van der Waals surface area (Å²) in [4.78, 5) is 23.3. The van der Waals surface area contributed by atoms with Crippen molar-refractivity contribution in [2.75, 3.05) is 0 Å². The van der Waals surface area contributed by atoms with Gasteiger partial charge in [0.25, 0.3) is 20.2 Å². The summed E-state index contributed by atoms with van der Waals surface area (Å²) in [5.74, 6) is -1.10. The second-order valence-electron chi connectivity index (χ2n) is 7.80. The van der Waals surface area contributed by atoms with Crippen LogP contribution in [0.1, 0.15) is 11.5 Å². The smallest absolute Gasteiger partial charge is 0.331 e. The molecule has 0 radical (unpaired) electrons. The van der Waals surface area contributed by atoms with Gasteiger partial charge in [-0.25, -0.2) is 10.9 Å². The van der Waals surface area contributed by atoms with Gasteiger partial charge in [0.2, 0.25) is 0 Å². The zero-order valence-corrected chi connectivity index (χ0v) is 21.6. The summed E-state index contributed by atoms with van der Waals surface area (Å²) in [6.07, 6.45) is 2.27. The number of furan rings is 2. The molecule has 0 unspecified atom stereocenters. The molecule has 0 aliphatic heterocycles. The van der Waals surface area contributed by atoms with Gasteiger partial charge in [-0.05, 0) is 72.8 Å². The van der Waals surface area contributed by atoms with Crippen molar-refractivity contribution in [3.8, 4) is 22.6 Å². The van der Waals surface area contributed by atoms with E-state index >= 15 is 0 Å². The Morgan fingerprint density at radius 3 is 1.27 bits per heavy atom. The minimum Gasteiger partial charge on any atom is -0.455 e. The molecule has 2 aromatic heterocycles. The molecule has 4 rings (SSSR count). The number of nitrogens with one attached hydrogen (secondary N) is 2. The Balaban J connectivity index is 1.27. The van der Waals surface area contributed by atoms with Crippen LogP contribution >= 0.6 is 0 Å². The highest BCUT2D eigenvalue weighted by Crippen LogP contribution is 2.24. The summed E-state index contributed by atoms with van der Waals surface area (Å²) in [5.41, 5.74) is 5.04. The van der Waals surface area contributed by atoms with Gasteiger partial charge in [0.15, 0.2) is 0 Å². The van der Waals surface area contributed by atoms with Crippen LogP contribution in [-0.4, -0.2) is 50.2 Å². The molecule has 4 aromatic rings. The molecule has 0 aliphatic carbocycles. The minimum atomic E-state index is -4.32. The summed E-state index contributed by atoms with van der Waals surface area (Å²) < 4.78 is 73.6. The number of carbonyl (C=O) groups excluding carboxylic acids is 2. The number of hydrogen-bond donors (Lipinski definition) is 4. The number of amides is 2. The van der Waals surface area contributed by atoms with Crippen LogP contribution in [0.4, 0.5) is 0 Å². The molecular formula is C24H18N4O10S2. The standard InChI is InChI=1S/C24H18N4O10S2/c29-23(27-25-13-17-5-11-21(37-17)15-1-7-19(8-2-15)39(31,32)33)24(30)28-26-14-18-6-12-22(38-18)16-3-9-20(10-4-16)40(34,35)36/h1-14H,(H,27,29)(H,28,30)(H,31,32,33)(H,34,35,36)/b25-13-,26-14-. The van der Waals surface area contributed by atoms with E-state index in [1.54, 1.807) is 12.1 Å². The van der Waals surface area contributed by atoms with Crippen molar-refractivity contribution >= 4 is 44.5 Å². The quantitative estimate of drug-likeness (QED) is 0.102. The molecule has 0 saturated heterocycles. The lowest BCUT2D eigenvalue weighted by Gasteiger charge is -1.99. The minimum absolute atomic E-state index is 0.217. The van der Waals surface area contributed by atoms with E-state index in [2.05, 4.69) is 10.2 Å². The molecule has 0 atom stereocenters. The van der Waals surface area contributed by atoms with Gasteiger partial charge in [-0.15, -0.1) is 0 Å². The van der Waals surface area contributed by atoms with Gasteiger partial charge in [-0.3, -0.25) is 18.7 Å². The predicted molar refractivity (Wildman–Crippen MR) is 139 cm³/mol. The van der Waals surface area contributed by atoms with Crippen molar-refractivity contribution in [3.05, 3.63) is 84.3 Å². The first kappa shape index (κ1) is 28.1. The van der Waals surface area contributed by atoms with E-state index in [4.69, 9.17) is 17.9 Å². The molecule has 0 bridgehead atoms. The molecule has 0 aliphatic rings. The molecule has 4 N–H and O–H groups in total. The van der Waals surface area contributed by atoms with Crippen LogP contribution < -0.4 is 10.9 Å². The molecule has 206 valence electrons. The van der Waals surface area contributed by atoms with E-state index in [-0.39, 0.29) is 21.3 Å². The average Bonchev–Trinajstić information content (AvgIpc) is 3.58. The highest BCUT2D eigenvalue weighted by atomic mass is 32.2. The van der Waals surface area contributed by atoms with Crippen LogP contribution in [0, 0.1) is 0 Å². The lowest BCUT2D eigenvalue weighted by molar-refractivity contribution is -0.139. The van der Waals surface area contributed by atoms with E-state index < -0.39 is 32.1 Å². The van der Waals surface area contributed by atoms with Gasteiger partial charge in [-0.2, -0.15) is 27.0 Å². The highest BCUT2D eigenvalue weighted by molar-refractivity contribution is 7.86. The Hall–Kier alpha value is -4.90. The monoisotopic (exact) mass is 586 g/mol. The van der Waals surface area contributed by atoms with E-state index in [0.717, 1.165) is 12.4 Å². The fourth-order valence-corrected chi connectivity index (χ4v) is 4.11. The Morgan fingerprint density at radius 2 is 0.950 bits per heavy atom. The summed E-state index contributed by atoms with van der Waals surface area (Å²) in [6.45, 7) is 0. The number of hydrazone groups is 2. The fourth-order valence-electron chi connectivity index (χ4n) is 3.15. The molecule has 40 heavy (non-hydrogen) atoms. The fraction of sp³-hybridized carbons (Fsp3) is 0. The second kappa shape index (κ2) is 11.5. The van der Waals surface area contributed by atoms with Gasteiger partial charge in [0.1, 0.15) is 23.0 Å². The zero-order valence-electron chi connectivity index (χ0n) is 20.0. The molecule has 16 heteroatoms. The van der Waals surface area contributed by atoms with Gasteiger partial charge in [0, 0.05) is 11.1 Å². The molecule has 2 aromatic carbocycles. The van der Waals surface area contributed by atoms with Crippen LogP contribution in [0.2, 0.25) is 0 Å². The van der Waals surface area contributed by atoms with Crippen molar-refractivity contribution in [2.45, 2.75) is 9.79 Å². The van der Waals surface area contributed by atoms with E-state index in [0.29, 0.717) is 22.6 Å². The summed E-state index contributed by atoms with van der Waals surface area (Å²) in [5, 5.41) is 7.25. The molecule has 0 fully saturated rings. The van der Waals surface area contributed by atoms with Crippen LogP contribution in [0.3, 0.4) is 0 Å². The van der Waals surface area contributed by atoms with Gasteiger partial charge in [-0.1, -0.05) is 0 Å². The summed E-state index contributed by atoms with van der Waals surface area (Å²) >= 11 is 0. The van der Waals surface area contributed by atoms with Gasteiger partial charge in [0.05, 0.1) is 22.2 Å². The third kappa shape index (κ3) is 7.14. The third-order valence-electron chi connectivity index (χ3n) is 5.05. The lowest BCUT2D eigenvalue weighted by Crippen LogP contribution is -2.35. The van der Waals surface area contributed by atoms with Crippen molar-refractivity contribution in [1.82, 2.24) is 10.9 Å². The SMILES string of the molecule is O=C(N/N=C\c1ccc(-c2ccc(S(=O)(=O)O)cc2)o1)C(=O)N/N=C\c1ccc(-c2ccc(S(=O)(=O)O)cc2)o1. The Kier molecular flexibility index (Phi) is 8.05. The van der Waals surface area contributed by atoms with Crippen LogP contribution in [0.25, 0.3) is 22.6 Å². The topological polar surface area (TPSA) is 218 Å². The molecule has 14 nitrogen and oxygen atoms in total. The Morgan fingerprint density at radius 1 is 0.600 bits per heavy atom. The number of benzene rings is 2. The van der Waals surface area contributed by atoms with Crippen LogP contribution in [0.15, 0.2) is 102 Å². The first-order chi connectivity index (χ1) is 18.9. The first-order valence-electron chi connectivity index (χ1n) is 10.9. The summed E-state index contributed by atoms with van der Waals surface area (Å²) in [6, 6.07) is 16.8. The van der Waals surface area contributed by atoms with Crippen molar-refractivity contribution in [3.63, 3.8) is 0 Å². The third-order valence-corrected chi connectivity index (χ3v) is 6.78. The van der Waals surface area contributed by atoms with Crippen molar-refractivity contribution < 1.29 is 44.4 Å². The lowest BCUT2D eigenvalue weighted by atomic mass is 10.2. The van der Waals surface area contributed by atoms with Crippen LogP contribution in [0.5, 0.6) is 0 Å². The van der Waals surface area contributed by atoms with E-state index in [1.807, 2.05) is 10.9 Å². The molecular weight excluding hydrogens is 568 g/mol. The molecule has 2 amide bonds. The molecule has 2 heterocycles.